The van der Waals surface area contributed by atoms with Crippen molar-refractivity contribution in [3.8, 4) is 0 Å². The summed E-state index contributed by atoms with van der Waals surface area (Å²) in [6, 6.07) is 3.11. The lowest BCUT2D eigenvalue weighted by atomic mass is 10.6. The smallest absolute Gasteiger partial charge is 0.327 e. The molecule has 0 unspecified atom stereocenters. The predicted octanol–water partition coefficient (Wildman–Crippen LogP) is 1.07. The number of anilines is 2. The second kappa shape index (κ2) is 5.27. The minimum Gasteiger partial charge on any atom is -0.480 e. The molecule has 0 saturated carbocycles. The standard InChI is InChI=1S/C9H9N5O3S/c15-8(16)5-14-10-4-6(13-14)11-9(17)12-7-2-1-3-18-7/h1-4H,5H2,(H,15,16)(H2,11,12,13,17). The van der Waals surface area contributed by atoms with Crippen molar-refractivity contribution < 1.29 is 14.7 Å². The van der Waals surface area contributed by atoms with E-state index in [0.717, 1.165) is 4.80 Å². The highest BCUT2D eigenvalue weighted by Gasteiger charge is 2.08. The summed E-state index contributed by atoms with van der Waals surface area (Å²) in [5.41, 5.74) is 0. The van der Waals surface area contributed by atoms with E-state index in [-0.39, 0.29) is 12.4 Å². The Morgan fingerprint density at radius 3 is 2.94 bits per heavy atom. The van der Waals surface area contributed by atoms with Gasteiger partial charge in [0, 0.05) is 0 Å². The Labute approximate surface area is 105 Å². The van der Waals surface area contributed by atoms with Crippen LogP contribution in [0.5, 0.6) is 0 Å². The van der Waals surface area contributed by atoms with E-state index < -0.39 is 12.0 Å². The number of aromatic nitrogens is 3. The molecule has 18 heavy (non-hydrogen) atoms. The maximum absolute atomic E-state index is 11.5. The van der Waals surface area contributed by atoms with Gasteiger partial charge < -0.3 is 5.11 Å². The second-order valence-electron chi connectivity index (χ2n) is 3.21. The SMILES string of the molecule is O=C(O)Cn1ncc(NC(=O)Nc2cccs2)n1. The van der Waals surface area contributed by atoms with Gasteiger partial charge in [0.05, 0.1) is 11.2 Å². The Balaban J connectivity index is 1.91. The van der Waals surface area contributed by atoms with Crippen LogP contribution in [0.1, 0.15) is 0 Å². The number of carbonyl (C=O) groups excluding carboxylic acids is 1. The van der Waals surface area contributed by atoms with Crippen molar-refractivity contribution in [1.82, 2.24) is 15.0 Å². The predicted molar refractivity (Wildman–Crippen MR) is 64.6 cm³/mol. The zero-order valence-electron chi connectivity index (χ0n) is 9.03. The largest absolute Gasteiger partial charge is 0.480 e. The van der Waals surface area contributed by atoms with Gasteiger partial charge in [-0.05, 0) is 17.5 Å². The normalized spacial score (nSPS) is 10.0. The van der Waals surface area contributed by atoms with E-state index in [1.54, 1.807) is 6.07 Å². The number of rotatable bonds is 4. The Bertz CT molecular complexity index is 550. The number of hydrogen-bond acceptors (Lipinski definition) is 5. The molecule has 2 aromatic rings. The highest BCUT2D eigenvalue weighted by molar-refractivity contribution is 7.14. The molecule has 0 radical (unpaired) electrons. The van der Waals surface area contributed by atoms with Crippen molar-refractivity contribution in [3.05, 3.63) is 23.7 Å². The van der Waals surface area contributed by atoms with Crippen molar-refractivity contribution in [2.24, 2.45) is 0 Å². The van der Waals surface area contributed by atoms with Crippen LogP contribution >= 0.6 is 11.3 Å². The van der Waals surface area contributed by atoms with Gasteiger partial charge >= 0.3 is 12.0 Å². The zero-order chi connectivity index (χ0) is 13.0. The molecule has 0 fully saturated rings. The number of hydrogen-bond donors (Lipinski definition) is 3. The first kappa shape index (κ1) is 12.0. The van der Waals surface area contributed by atoms with Crippen LogP contribution in [0.25, 0.3) is 0 Å². The molecule has 0 spiro atoms. The molecule has 0 aromatic carbocycles. The quantitative estimate of drug-likeness (QED) is 0.767. The van der Waals surface area contributed by atoms with Gasteiger partial charge in [0.15, 0.2) is 12.4 Å². The summed E-state index contributed by atoms with van der Waals surface area (Å²) in [6.07, 6.45) is 1.27. The van der Waals surface area contributed by atoms with Gasteiger partial charge in [-0.3, -0.25) is 15.4 Å². The van der Waals surface area contributed by atoms with Crippen molar-refractivity contribution in [1.29, 1.82) is 0 Å². The molecule has 0 atom stereocenters. The number of thiophene rings is 1. The summed E-state index contributed by atoms with van der Waals surface area (Å²) in [5, 5.41) is 23.6. The van der Waals surface area contributed by atoms with Crippen molar-refractivity contribution >= 4 is 34.2 Å². The molecule has 2 rings (SSSR count). The van der Waals surface area contributed by atoms with Crippen molar-refractivity contribution in [2.75, 3.05) is 10.6 Å². The third-order valence-electron chi connectivity index (χ3n) is 1.81. The molecule has 0 aliphatic rings. The van der Waals surface area contributed by atoms with Gasteiger partial charge in [-0.15, -0.1) is 16.4 Å². The first-order valence-corrected chi connectivity index (χ1v) is 5.75. The molecule has 2 heterocycles. The molecule has 0 aliphatic carbocycles. The molecular weight excluding hydrogens is 258 g/mol. The molecule has 2 amide bonds. The summed E-state index contributed by atoms with van der Waals surface area (Å²) in [7, 11) is 0. The number of urea groups is 1. The van der Waals surface area contributed by atoms with Crippen LogP contribution in [-0.4, -0.2) is 32.1 Å². The van der Waals surface area contributed by atoms with Crippen LogP contribution in [0.2, 0.25) is 0 Å². The summed E-state index contributed by atoms with van der Waals surface area (Å²) in [5.74, 6) is -0.870. The zero-order valence-corrected chi connectivity index (χ0v) is 9.85. The first-order valence-electron chi connectivity index (χ1n) is 4.87. The highest BCUT2D eigenvalue weighted by atomic mass is 32.1. The van der Waals surface area contributed by atoms with Crippen LogP contribution in [-0.2, 0) is 11.3 Å². The van der Waals surface area contributed by atoms with Crippen LogP contribution < -0.4 is 10.6 Å². The van der Waals surface area contributed by atoms with Gasteiger partial charge in [0.2, 0.25) is 0 Å². The summed E-state index contributed by atoms with van der Waals surface area (Å²) >= 11 is 1.38. The van der Waals surface area contributed by atoms with E-state index in [1.807, 2.05) is 11.4 Å². The first-order chi connectivity index (χ1) is 8.63. The topological polar surface area (TPSA) is 109 Å². The van der Waals surface area contributed by atoms with Crippen LogP contribution in [0.3, 0.4) is 0 Å². The van der Waals surface area contributed by atoms with Gasteiger partial charge in [-0.2, -0.15) is 9.90 Å². The minimum absolute atomic E-state index is 0.185. The molecule has 9 heteroatoms. The Morgan fingerprint density at radius 1 is 1.44 bits per heavy atom. The Morgan fingerprint density at radius 2 is 2.28 bits per heavy atom. The summed E-state index contributed by atoms with van der Waals surface area (Å²) < 4.78 is 0. The van der Waals surface area contributed by atoms with Gasteiger partial charge in [-0.25, -0.2) is 4.79 Å². The average molecular weight is 267 g/mol. The maximum Gasteiger partial charge on any atom is 0.327 e. The average Bonchev–Trinajstić information content (AvgIpc) is 2.89. The van der Waals surface area contributed by atoms with Gasteiger partial charge in [0.1, 0.15) is 0 Å². The fourth-order valence-electron chi connectivity index (χ4n) is 1.16. The third kappa shape index (κ3) is 3.28. The lowest BCUT2D eigenvalue weighted by Crippen LogP contribution is -2.19. The van der Waals surface area contributed by atoms with Crippen molar-refractivity contribution in [2.45, 2.75) is 6.54 Å². The highest BCUT2D eigenvalue weighted by Crippen LogP contribution is 2.15. The number of aliphatic carboxylic acids is 1. The van der Waals surface area contributed by atoms with E-state index in [4.69, 9.17) is 5.11 Å². The van der Waals surface area contributed by atoms with Crippen LogP contribution in [0.15, 0.2) is 23.7 Å². The van der Waals surface area contributed by atoms with Crippen LogP contribution in [0.4, 0.5) is 15.6 Å². The number of nitrogens with zero attached hydrogens (tertiary/aromatic N) is 3. The minimum atomic E-state index is -1.06. The number of carbonyl (C=O) groups is 2. The molecule has 8 nitrogen and oxygen atoms in total. The molecular formula is C9H9N5O3S. The van der Waals surface area contributed by atoms with Crippen LogP contribution in [0, 0.1) is 0 Å². The van der Waals surface area contributed by atoms with Gasteiger partial charge in [0.25, 0.3) is 0 Å². The van der Waals surface area contributed by atoms with E-state index in [2.05, 4.69) is 20.8 Å². The number of carboxylic acids is 1. The monoisotopic (exact) mass is 267 g/mol. The molecule has 0 saturated heterocycles. The molecule has 0 aliphatic heterocycles. The maximum atomic E-state index is 11.5. The van der Waals surface area contributed by atoms with E-state index in [0.29, 0.717) is 5.00 Å². The molecule has 94 valence electrons. The summed E-state index contributed by atoms with van der Waals surface area (Å²) in [6.45, 7) is -0.353. The number of nitrogens with one attached hydrogen (secondary N) is 2. The fourth-order valence-corrected chi connectivity index (χ4v) is 1.77. The second-order valence-corrected chi connectivity index (χ2v) is 4.16. The number of amides is 2. The lowest BCUT2D eigenvalue weighted by molar-refractivity contribution is -0.138. The van der Waals surface area contributed by atoms with E-state index >= 15 is 0 Å². The molecule has 0 bridgehead atoms. The molecule has 2 aromatic heterocycles. The van der Waals surface area contributed by atoms with E-state index in [1.165, 1.54) is 17.5 Å². The van der Waals surface area contributed by atoms with Crippen molar-refractivity contribution in [3.63, 3.8) is 0 Å². The lowest BCUT2D eigenvalue weighted by Gasteiger charge is -2.01. The Kier molecular flexibility index (Phi) is 3.53. The summed E-state index contributed by atoms with van der Waals surface area (Å²) in [4.78, 5) is 22.9. The fraction of sp³-hybridized carbons (Fsp3) is 0.111. The number of carboxylic acid groups (broad SMARTS) is 1. The van der Waals surface area contributed by atoms with E-state index in [9.17, 15) is 9.59 Å². The third-order valence-corrected chi connectivity index (χ3v) is 2.60. The van der Waals surface area contributed by atoms with Gasteiger partial charge in [-0.1, -0.05) is 0 Å². The molecule has 3 N–H and O–H groups in total. The Hall–Kier alpha value is -2.42.